The summed E-state index contributed by atoms with van der Waals surface area (Å²) in [6.07, 6.45) is 2.97. The Labute approximate surface area is 142 Å². The third-order valence-corrected chi connectivity index (χ3v) is 5.57. The van der Waals surface area contributed by atoms with Gasteiger partial charge in [0.2, 0.25) is 5.91 Å². The number of unbranched alkanes of at least 4 members (excludes halogenated alkanes) is 1. The maximum Gasteiger partial charge on any atom is 0.251 e. The summed E-state index contributed by atoms with van der Waals surface area (Å²) < 4.78 is 0. The van der Waals surface area contributed by atoms with E-state index in [0.29, 0.717) is 23.4 Å². The fourth-order valence-corrected chi connectivity index (χ4v) is 4.70. The lowest BCUT2D eigenvalue weighted by molar-refractivity contribution is -0.116. The van der Waals surface area contributed by atoms with Crippen LogP contribution in [0.2, 0.25) is 0 Å². The van der Waals surface area contributed by atoms with Gasteiger partial charge in [0.1, 0.15) is 5.00 Å². The molecule has 0 radical (unpaired) electrons. The first-order chi connectivity index (χ1) is 10.6. The van der Waals surface area contributed by atoms with E-state index in [0.717, 1.165) is 23.3 Å². The first-order valence-electron chi connectivity index (χ1n) is 8.12. The molecule has 5 nitrogen and oxygen atoms in total. The molecule has 2 amide bonds. The molecule has 128 valence electrons. The number of carbonyl (C=O) groups excluding carboxylic acids is 2. The van der Waals surface area contributed by atoms with Crippen LogP contribution in [0, 0.1) is 0 Å². The molecule has 1 aliphatic rings. The number of nitrogens with one attached hydrogen (secondary N) is 2. The number of thiophene rings is 1. The molecule has 2 heterocycles. The molecule has 6 heteroatoms. The summed E-state index contributed by atoms with van der Waals surface area (Å²) in [6, 6.07) is 0. The first-order valence-corrected chi connectivity index (χ1v) is 8.94. The van der Waals surface area contributed by atoms with Crippen molar-refractivity contribution in [3.05, 3.63) is 16.0 Å². The number of carbonyl (C=O) groups is 2. The molecular weight excluding hydrogens is 310 g/mol. The van der Waals surface area contributed by atoms with E-state index in [1.54, 1.807) is 0 Å². The van der Waals surface area contributed by atoms with Crippen LogP contribution in [0.4, 0.5) is 5.00 Å². The van der Waals surface area contributed by atoms with E-state index < -0.39 is 5.91 Å². The molecule has 1 aromatic rings. The van der Waals surface area contributed by atoms with Crippen LogP contribution in [-0.2, 0) is 16.8 Å². The van der Waals surface area contributed by atoms with Crippen LogP contribution < -0.4 is 16.4 Å². The molecule has 1 aliphatic heterocycles. The van der Waals surface area contributed by atoms with E-state index in [1.165, 1.54) is 11.3 Å². The van der Waals surface area contributed by atoms with Crippen LogP contribution >= 0.6 is 11.3 Å². The predicted octanol–water partition coefficient (Wildman–Crippen LogP) is 3.14. The van der Waals surface area contributed by atoms with Crippen molar-refractivity contribution in [1.82, 2.24) is 5.32 Å². The van der Waals surface area contributed by atoms with E-state index in [4.69, 9.17) is 5.73 Å². The van der Waals surface area contributed by atoms with Crippen LogP contribution in [-0.4, -0.2) is 17.4 Å². The van der Waals surface area contributed by atoms with E-state index in [1.807, 2.05) is 6.92 Å². The smallest absolute Gasteiger partial charge is 0.251 e. The predicted molar refractivity (Wildman–Crippen MR) is 94.9 cm³/mol. The van der Waals surface area contributed by atoms with Gasteiger partial charge in [-0.3, -0.25) is 9.59 Å². The Bertz CT molecular complexity index is 632. The van der Waals surface area contributed by atoms with Gasteiger partial charge in [-0.1, -0.05) is 13.3 Å². The van der Waals surface area contributed by atoms with Crippen LogP contribution in [0.25, 0.3) is 0 Å². The molecule has 0 saturated heterocycles. The highest BCUT2D eigenvalue weighted by atomic mass is 32.1. The molecule has 0 bridgehead atoms. The zero-order valence-corrected chi connectivity index (χ0v) is 15.4. The SMILES string of the molecule is CCCCC(=O)Nc1sc2c(c1C(N)=O)CC(C)(C)NC2(C)C. The fraction of sp³-hybridized carbons (Fsp3) is 0.647. The summed E-state index contributed by atoms with van der Waals surface area (Å²) in [7, 11) is 0. The molecule has 0 aromatic carbocycles. The van der Waals surface area contributed by atoms with Gasteiger partial charge in [0.05, 0.1) is 5.56 Å². The third-order valence-electron chi connectivity index (χ3n) is 4.10. The van der Waals surface area contributed by atoms with Gasteiger partial charge in [0.15, 0.2) is 0 Å². The number of anilines is 1. The molecule has 0 spiro atoms. The van der Waals surface area contributed by atoms with Crippen molar-refractivity contribution >= 4 is 28.2 Å². The highest BCUT2D eigenvalue weighted by molar-refractivity contribution is 7.17. The average Bonchev–Trinajstić information content (AvgIpc) is 2.72. The van der Waals surface area contributed by atoms with Crippen molar-refractivity contribution in [2.24, 2.45) is 5.73 Å². The van der Waals surface area contributed by atoms with Gasteiger partial charge in [0, 0.05) is 22.4 Å². The summed E-state index contributed by atoms with van der Waals surface area (Å²) in [6.45, 7) is 10.5. The minimum atomic E-state index is -0.471. The lowest BCUT2D eigenvalue weighted by Gasteiger charge is -2.42. The van der Waals surface area contributed by atoms with Gasteiger partial charge in [-0.05, 0) is 46.1 Å². The van der Waals surface area contributed by atoms with E-state index in [9.17, 15) is 9.59 Å². The minimum Gasteiger partial charge on any atom is -0.365 e. The Morgan fingerprint density at radius 1 is 1.30 bits per heavy atom. The molecule has 2 rings (SSSR count). The van der Waals surface area contributed by atoms with Crippen molar-refractivity contribution in [3.63, 3.8) is 0 Å². The van der Waals surface area contributed by atoms with Gasteiger partial charge in [0.25, 0.3) is 5.91 Å². The Morgan fingerprint density at radius 2 is 1.96 bits per heavy atom. The van der Waals surface area contributed by atoms with Crippen molar-refractivity contribution in [1.29, 1.82) is 0 Å². The molecule has 0 saturated carbocycles. The van der Waals surface area contributed by atoms with Crippen molar-refractivity contribution in [2.45, 2.75) is 71.4 Å². The van der Waals surface area contributed by atoms with Gasteiger partial charge in [-0.25, -0.2) is 0 Å². The lowest BCUT2D eigenvalue weighted by atomic mass is 9.81. The van der Waals surface area contributed by atoms with E-state index in [-0.39, 0.29) is 17.0 Å². The highest BCUT2D eigenvalue weighted by Gasteiger charge is 2.41. The second-order valence-electron chi connectivity index (χ2n) is 7.44. The molecular formula is C17H27N3O2S. The topological polar surface area (TPSA) is 84.2 Å². The Morgan fingerprint density at radius 3 is 2.52 bits per heavy atom. The summed E-state index contributed by atoms with van der Waals surface area (Å²) in [5, 5.41) is 7.09. The first kappa shape index (κ1) is 17.9. The average molecular weight is 337 g/mol. The maximum absolute atomic E-state index is 12.1. The maximum atomic E-state index is 12.1. The number of nitrogens with two attached hydrogens (primary N) is 1. The molecule has 0 atom stereocenters. The van der Waals surface area contributed by atoms with Crippen molar-refractivity contribution in [3.8, 4) is 0 Å². The molecule has 0 fully saturated rings. The highest BCUT2D eigenvalue weighted by Crippen LogP contribution is 2.44. The van der Waals surface area contributed by atoms with E-state index in [2.05, 4.69) is 38.3 Å². The molecule has 23 heavy (non-hydrogen) atoms. The zero-order valence-electron chi connectivity index (χ0n) is 14.6. The Hall–Kier alpha value is -1.40. The minimum absolute atomic E-state index is 0.0574. The molecule has 0 aliphatic carbocycles. The third kappa shape index (κ3) is 3.75. The van der Waals surface area contributed by atoms with Crippen LogP contribution in [0.1, 0.15) is 74.7 Å². The van der Waals surface area contributed by atoms with E-state index >= 15 is 0 Å². The second-order valence-corrected chi connectivity index (χ2v) is 8.46. The fourth-order valence-electron chi connectivity index (χ4n) is 3.40. The van der Waals surface area contributed by atoms with Crippen LogP contribution in [0.15, 0.2) is 0 Å². The summed E-state index contributed by atoms with van der Waals surface area (Å²) in [5.74, 6) is -0.528. The van der Waals surface area contributed by atoms with Crippen LogP contribution in [0.3, 0.4) is 0 Å². The standard InChI is InChI=1S/C17H27N3O2S/c1-6-7-8-11(21)19-15-12(14(18)22)10-9-16(2,3)20-17(4,5)13(10)23-15/h20H,6-9H2,1-5H3,(H2,18,22)(H,19,21). The Kier molecular flexibility index (Phi) is 4.87. The normalized spacial score (nSPS) is 18.3. The molecule has 1 aromatic heterocycles. The molecule has 4 N–H and O–H groups in total. The summed E-state index contributed by atoms with van der Waals surface area (Å²) in [5.41, 5.74) is 6.69. The quantitative estimate of drug-likeness (QED) is 0.772. The number of hydrogen-bond donors (Lipinski definition) is 3. The largest absolute Gasteiger partial charge is 0.365 e. The number of amides is 2. The zero-order chi connectivity index (χ0) is 17.4. The van der Waals surface area contributed by atoms with Crippen molar-refractivity contribution in [2.75, 3.05) is 5.32 Å². The van der Waals surface area contributed by atoms with Gasteiger partial charge < -0.3 is 16.4 Å². The second kappa shape index (κ2) is 6.24. The number of primary amides is 1. The Balaban J connectivity index is 2.44. The number of fused-ring (bicyclic) bond motifs is 1. The van der Waals surface area contributed by atoms with Crippen molar-refractivity contribution < 1.29 is 9.59 Å². The summed E-state index contributed by atoms with van der Waals surface area (Å²) in [4.78, 5) is 25.2. The van der Waals surface area contributed by atoms with Crippen LogP contribution in [0.5, 0.6) is 0 Å². The van der Waals surface area contributed by atoms with Gasteiger partial charge in [-0.2, -0.15) is 0 Å². The van der Waals surface area contributed by atoms with Gasteiger partial charge in [-0.15, -0.1) is 11.3 Å². The lowest BCUT2D eigenvalue weighted by Crippen LogP contribution is -2.55. The number of hydrogen-bond acceptors (Lipinski definition) is 4. The number of rotatable bonds is 5. The molecule has 0 unspecified atom stereocenters. The summed E-state index contributed by atoms with van der Waals surface area (Å²) >= 11 is 1.46. The van der Waals surface area contributed by atoms with Gasteiger partial charge >= 0.3 is 0 Å². The monoisotopic (exact) mass is 337 g/mol.